The molecule has 1 heterocycles. The summed E-state index contributed by atoms with van der Waals surface area (Å²) >= 11 is 0. The van der Waals surface area contributed by atoms with Gasteiger partial charge in [0.15, 0.2) is 0 Å². The third kappa shape index (κ3) is 2.67. The summed E-state index contributed by atoms with van der Waals surface area (Å²) < 4.78 is 6.70. The number of ether oxygens (including phenoxy) is 1. The lowest BCUT2D eigenvalue weighted by Crippen LogP contribution is -2.27. The van der Waals surface area contributed by atoms with Crippen molar-refractivity contribution >= 4 is 17.0 Å². The topological polar surface area (TPSA) is 55.0 Å². The second-order valence-electron chi connectivity index (χ2n) is 5.70. The third-order valence-corrected chi connectivity index (χ3v) is 2.96. The molecule has 0 aliphatic rings. The number of hydrogen-bond acceptors (Lipinski definition) is 3. The van der Waals surface area contributed by atoms with Crippen LogP contribution in [-0.2, 0) is 11.2 Å². The smallest absolute Gasteiger partial charge is 0.420 e. The molecule has 20 heavy (non-hydrogen) atoms. The average Bonchev–Trinajstić information content (AvgIpc) is 2.73. The van der Waals surface area contributed by atoms with Crippen LogP contribution in [0.2, 0.25) is 0 Å². The summed E-state index contributed by atoms with van der Waals surface area (Å²) in [7, 11) is 0. The molecule has 4 nitrogen and oxygen atoms in total. The van der Waals surface area contributed by atoms with Crippen molar-refractivity contribution in [3.05, 3.63) is 35.5 Å². The molecule has 0 saturated heterocycles. The number of carbonyl (C=O) groups excluding carboxylic acids is 1. The summed E-state index contributed by atoms with van der Waals surface area (Å²) in [5, 5.41) is 10.1. The lowest BCUT2D eigenvalue weighted by Gasteiger charge is -2.20. The second-order valence-corrected chi connectivity index (χ2v) is 5.70. The fraction of sp³-hybridized carbons (Fsp3) is 0.375. The summed E-state index contributed by atoms with van der Waals surface area (Å²) in [5.74, 6) is 0. The number of aromatic nitrogens is 1. The number of nitrogens with zero attached hydrogens (tertiary/aromatic N) is 2. The fourth-order valence-electron chi connectivity index (χ4n) is 2.07. The van der Waals surface area contributed by atoms with E-state index >= 15 is 0 Å². The van der Waals surface area contributed by atoms with Crippen molar-refractivity contribution in [1.29, 1.82) is 5.26 Å². The molecule has 0 aliphatic carbocycles. The number of rotatable bonds is 1. The van der Waals surface area contributed by atoms with Crippen molar-refractivity contribution in [2.45, 2.75) is 39.7 Å². The summed E-state index contributed by atoms with van der Waals surface area (Å²) in [6, 6.07) is 9.59. The van der Waals surface area contributed by atoms with Gasteiger partial charge in [-0.25, -0.2) is 9.36 Å². The Bertz CT molecular complexity index is 700. The minimum Gasteiger partial charge on any atom is -0.443 e. The maximum atomic E-state index is 12.3. The van der Waals surface area contributed by atoms with Crippen molar-refractivity contribution in [3.63, 3.8) is 0 Å². The van der Waals surface area contributed by atoms with Crippen LogP contribution in [0.25, 0.3) is 10.9 Å². The van der Waals surface area contributed by atoms with Crippen LogP contribution >= 0.6 is 0 Å². The van der Waals surface area contributed by atoms with Gasteiger partial charge < -0.3 is 4.74 Å². The first-order chi connectivity index (χ1) is 9.35. The summed E-state index contributed by atoms with van der Waals surface area (Å²) in [4.78, 5) is 12.3. The molecule has 0 amide bonds. The lowest BCUT2D eigenvalue weighted by atomic mass is 10.1. The van der Waals surface area contributed by atoms with E-state index in [1.54, 1.807) is 26.8 Å². The Labute approximate surface area is 118 Å². The van der Waals surface area contributed by atoms with E-state index in [0.29, 0.717) is 11.2 Å². The largest absolute Gasteiger partial charge is 0.443 e. The second kappa shape index (κ2) is 5.01. The lowest BCUT2D eigenvalue weighted by molar-refractivity contribution is 0.0543. The Morgan fingerprint density at radius 3 is 2.60 bits per heavy atom. The van der Waals surface area contributed by atoms with Crippen LogP contribution in [0.1, 0.15) is 39.0 Å². The van der Waals surface area contributed by atoms with Crippen LogP contribution in [0.15, 0.2) is 24.3 Å². The van der Waals surface area contributed by atoms with E-state index in [9.17, 15) is 10.1 Å². The van der Waals surface area contributed by atoms with E-state index in [0.717, 1.165) is 11.8 Å². The molecule has 0 radical (unpaired) electrons. The highest BCUT2D eigenvalue weighted by molar-refractivity contribution is 5.92. The first-order valence-electron chi connectivity index (χ1n) is 6.63. The summed E-state index contributed by atoms with van der Waals surface area (Å²) in [5.41, 5.74) is 1.57. The van der Waals surface area contributed by atoms with Gasteiger partial charge in [-0.3, -0.25) is 0 Å². The predicted molar refractivity (Wildman–Crippen MR) is 77.7 cm³/mol. The highest BCUT2D eigenvalue weighted by Gasteiger charge is 2.22. The SMILES string of the molecule is CCc1ccc2c(c1)cc(C#N)n2C(=O)OC(C)(C)C. The van der Waals surface area contributed by atoms with Gasteiger partial charge in [-0.05, 0) is 51.0 Å². The molecule has 0 N–H and O–H groups in total. The van der Waals surface area contributed by atoms with Gasteiger partial charge in [0.1, 0.15) is 17.4 Å². The zero-order valence-electron chi connectivity index (χ0n) is 12.2. The van der Waals surface area contributed by atoms with Gasteiger partial charge in [0, 0.05) is 5.39 Å². The zero-order chi connectivity index (χ0) is 14.9. The van der Waals surface area contributed by atoms with Crippen LogP contribution in [0.5, 0.6) is 0 Å². The standard InChI is InChI=1S/C16H18N2O2/c1-5-11-6-7-14-12(8-11)9-13(10-17)18(14)15(19)20-16(2,3)4/h6-9H,5H2,1-4H3. The molecule has 0 aliphatic heterocycles. The van der Waals surface area contributed by atoms with Gasteiger partial charge in [0.2, 0.25) is 0 Å². The van der Waals surface area contributed by atoms with Crippen molar-refractivity contribution in [3.8, 4) is 6.07 Å². The number of nitriles is 1. The normalized spacial score (nSPS) is 11.3. The van der Waals surface area contributed by atoms with Crippen molar-refractivity contribution in [2.24, 2.45) is 0 Å². The molecule has 2 aromatic rings. The first kappa shape index (κ1) is 14.1. The van der Waals surface area contributed by atoms with E-state index in [-0.39, 0.29) is 0 Å². The van der Waals surface area contributed by atoms with Crippen LogP contribution in [0.3, 0.4) is 0 Å². The molecule has 0 fully saturated rings. The van der Waals surface area contributed by atoms with Crippen LogP contribution in [-0.4, -0.2) is 16.3 Å². The van der Waals surface area contributed by atoms with E-state index in [2.05, 4.69) is 13.0 Å². The number of hydrogen-bond donors (Lipinski definition) is 0. The van der Waals surface area contributed by atoms with Gasteiger partial charge in [-0.15, -0.1) is 0 Å². The molecule has 104 valence electrons. The van der Waals surface area contributed by atoms with Crippen LogP contribution in [0, 0.1) is 11.3 Å². The molecule has 0 atom stereocenters. The quantitative estimate of drug-likeness (QED) is 0.790. The molecular formula is C16H18N2O2. The fourth-order valence-corrected chi connectivity index (χ4v) is 2.07. The Balaban J connectivity index is 2.57. The van der Waals surface area contributed by atoms with Crippen LogP contribution in [0.4, 0.5) is 4.79 Å². The number of carbonyl (C=O) groups is 1. The highest BCUT2D eigenvalue weighted by Crippen LogP contribution is 2.23. The molecular weight excluding hydrogens is 252 g/mol. The molecule has 0 bridgehead atoms. The molecule has 0 saturated carbocycles. The Kier molecular flexibility index (Phi) is 3.54. The highest BCUT2D eigenvalue weighted by atomic mass is 16.6. The number of aryl methyl sites for hydroxylation is 1. The minimum atomic E-state index is -0.593. The van der Waals surface area contributed by atoms with Crippen molar-refractivity contribution in [1.82, 2.24) is 4.57 Å². The third-order valence-electron chi connectivity index (χ3n) is 2.96. The van der Waals surface area contributed by atoms with E-state index < -0.39 is 11.7 Å². The molecule has 0 spiro atoms. The first-order valence-corrected chi connectivity index (χ1v) is 6.63. The number of benzene rings is 1. The molecule has 2 rings (SSSR count). The zero-order valence-corrected chi connectivity index (χ0v) is 12.2. The van der Waals surface area contributed by atoms with Gasteiger partial charge >= 0.3 is 6.09 Å². The molecule has 1 aromatic carbocycles. The maximum Gasteiger partial charge on any atom is 0.420 e. The van der Waals surface area contributed by atoms with E-state index in [1.165, 1.54) is 10.1 Å². The van der Waals surface area contributed by atoms with E-state index in [1.807, 2.05) is 18.2 Å². The Morgan fingerprint density at radius 2 is 2.05 bits per heavy atom. The number of fused-ring (bicyclic) bond motifs is 1. The Hall–Kier alpha value is -2.28. The summed E-state index contributed by atoms with van der Waals surface area (Å²) in [6.07, 6.45) is 0.392. The molecule has 4 heteroatoms. The molecule has 1 aromatic heterocycles. The van der Waals surface area contributed by atoms with Gasteiger partial charge in [0.25, 0.3) is 0 Å². The van der Waals surface area contributed by atoms with Crippen molar-refractivity contribution in [2.75, 3.05) is 0 Å². The van der Waals surface area contributed by atoms with Gasteiger partial charge in [0.05, 0.1) is 5.52 Å². The van der Waals surface area contributed by atoms with Crippen LogP contribution < -0.4 is 0 Å². The van der Waals surface area contributed by atoms with Gasteiger partial charge in [-0.1, -0.05) is 13.0 Å². The maximum absolute atomic E-state index is 12.3. The average molecular weight is 270 g/mol. The Morgan fingerprint density at radius 1 is 1.35 bits per heavy atom. The minimum absolute atomic E-state index is 0.294. The van der Waals surface area contributed by atoms with Crippen molar-refractivity contribution < 1.29 is 9.53 Å². The monoisotopic (exact) mass is 270 g/mol. The summed E-state index contributed by atoms with van der Waals surface area (Å²) in [6.45, 7) is 7.48. The van der Waals surface area contributed by atoms with E-state index in [4.69, 9.17) is 4.74 Å². The van der Waals surface area contributed by atoms with Gasteiger partial charge in [-0.2, -0.15) is 5.26 Å². The predicted octanol–water partition coefficient (Wildman–Crippen LogP) is 3.86. The molecule has 0 unspecified atom stereocenters.